The summed E-state index contributed by atoms with van der Waals surface area (Å²) >= 11 is 0. The van der Waals surface area contributed by atoms with Gasteiger partial charge in [-0.2, -0.15) is 0 Å². The minimum Gasteiger partial charge on any atom is -0.550 e. The van der Waals surface area contributed by atoms with E-state index in [-0.39, 0.29) is 12.4 Å². The molecule has 0 rings (SSSR count). The molecule has 0 aromatic carbocycles. The summed E-state index contributed by atoms with van der Waals surface area (Å²) in [7, 11) is 6.18. The number of nitrogens with zero attached hydrogens (tertiary/aromatic N) is 1. The van der Waals surface area contributed by atoms with E-state index in [0.29, 0.717) is 6.61 Å². The summed E-state index contributed by atoms with van der Waals surface area (Å²) in [6.07, 6.45) is 19.9. The highest BCUT2D eigenvalue weighted by atomic mass is 16.5. The van der Waals surface area contributed by atoms with Crippen molar-refractivity contribution in [1.29, 1.82) is 0 Å². The molecule has 5 heteroatoms. The molecule has 0 aliphatic carbocycles. The third kappa shape index (κ3) is 34.4. The number of esters is 1. The summed E-state index contributed by atoms with van der Waals surface area (Å²) in [5, 5.41) is 10.2. The normalized spacial score (nSPS) is 11.0. The zero-order chi connectivity index (χ0) is 23.1. The predicted molar refractivity (Wildman–Crippen MR) is 124 cm³/mol. The molecule has 0 unspecified atom stereocenters. The highest BCUT2D eigenvalue weighted by molar-refractivity contribution is 5.65. The number of quaternary nitrogens is 1. The van der Waals surface area contributed by atoms with Crippen LogP contribution in [0.15, 0.2) is 0 Å². The fourth-order valence-corrected chi connectivity index (χ4v) is 3.10. The highest BCUT2D eigenvalue weighted by Gasteiger charge is 2.06. The predicted octanol–water partition coefficient (Wildman–Crippen LogP) is 5.25. The summed E-state index contributed by atoms with van der Waals surface area (Å²) in [6, 6.07) is 0. The van der Waals surface area contributed by atoms with Gasteiger partial charge in [0, 0.05) is 12.9 Å². The number of rotatable bonds is 19. The van der Waals surface area contributed by atoms with Crippen LogP contribution in [-0.4, -0.2) is 50.7 Å². The lowest BCUT2D eigenvalue weighted by Gasteiger charge is -2.23. The zero-order valence-electron chi connectivity index (χ0n) is 20.8. The molecule has 0 radical (unpaired) electrons. The van der Waals surface area contributed by atoms with E-state index in [1.165, 1.54) is 90.4 Å². The van der Waals surface area contributed by atoms with Crippen molar-refractivity contribution in [2.45, 2.75) is 117 Å². The Morgan fingerprint density at radius 1 is 0.700 bits per heavy atom. The Kier molecular flexibility index (Phi) is 23.4. The van der Waals surface area contributed by atoms with Crippen LogP contribution in [0, 0.1) is 0 Å². The molecule has 0 spiro atoms. The van der Waals surface area contributed by atoms with Crippen LogP contribution in [0.5, 0.6) is 0 Å². The summed E-state index contributed by atoms with van der Waals surface area (Å²) in [6.45, 7) is 5.07. The number of likely N-dealkylation sites (N-methyl/N-ethyl adjacent to an activating group) is 1. The molecule has 0 bridgehead atoms. The van der Waals surface area contributed by atoms with Crippen LogP contribution in [-0.2, 0) is 14.3 Å². The first-order valence-electron chi connectivity index (χ1n) is 12.3. The Morgan fingerprint density at radius 2 is 1.07 bits per heavy atom. The van der Waals surface area contributed by atoms with Gasteiger partial charge in [-0.3, -0.25) is 4.79 Å². The molecular weight excluding hydrogens is 378 g/mol. The number of hydrogen-bond donors (Lipinski definition) is 0. The van der Waals surface area contributed by atoms with Crippen LogP contribution in [0.3, 0.4) is 0 Å². The third-order valence-electron chi connectivity index (χ3n) is 5.05. The van der Waals surface area contributed by atoms with E-state index in [1.54, 1.807) is 0 Å². The van der Waals surface area contributed by atoms with Crippen molar-refractivity contribution >= 4 is 11.9 Å². The molecule has 0 saturated heterocycles. The number of unbranched alkanes of at least 4 members (excludes halogenated alkanes) is 14. The lowest BCUT2D eigenvalue weighted by Crippen LogP contribution is -2.37. The fraction of sp³-hybridized carbons (Fsp3) is 0.920. The first-order chi connectivity index (χ1) is 14.2. The molecule has 0 atom stereocenters. The standard InChI is InChI=1S/C18H36O2.C7H16NO2/c1-2-3-4-5-6-7-8-9-10-11-12-13-14-15-16-17-18(19)20;1-7(9)10-6-5-8(2,3)4/h2-17H2,1H3,(H,19,20);5-6H2,1-4H3/q;+1/p-1. The smallest absolute Gasteiger partial charge is 0.302 e. The van der Waals surface area contributed by atoms with Crippen molar-refractivity contribution in [3.8, 4) is 0 Å². The summed E-state index contributed by atoms with van der Waals surface area (Å²) in [5.41, 5.74) is 0. The largest absolute Gasteiger partial charge is 0.550 e. The molecule has 0 saturated carbocycles. The molecule has 0 heterocycles. The van der Waals surface area contributed by atoms with Crippen molar-refractivity contribution in [3.63, 3.8) is 0 Å². The first-order valence-corrected chi connectivity index (χ1v) is 12.3. The van der Waals surface area contributed by atoms with Crippen LogP contribution in [0.2, 0.25) is 0 Å². The van der Waals surface area contributed by atoms with Gasteiger partial charge in [0.1, 0.15) is 13.2 Å². The van der Waals surface area contributed by atoms with Crippen LogP contribution in [0.1, 0.15) is 117 Å². The van der Waals surface area contributed by atoms with Crippen molar-refractivity contribution in [2.75, 3.05) is 34.3 Å². The molecule has 5 nitrogen and oxygen atoms in total. The number of ether oxygens (including phenoxy) is 1. The quantitative estimate of drug-likeness (QED) is 0.160. The van der Waals surface area contributed by atoms with E-state index in [4.69, 9.17) is 4.74 Å². The van der Waals surface area contributed by atoms with E-state index in [1.807, 2.05) is 0 Å². The minimum atomic E-state index is -0.903. The number of carboxylic acids is 1. The Hall–Kier alpha value is -1.10. The van der Waals surface area contributed by atoms with Gasteiger partial charge in [0.25, 0.3) is 0 Å². The minimum absolute atomic E-state index is 0.201. The van der Waals surface area contributed by atoms with Gasteiger partial charge in [0.2, 0.25) is 0 Å². The van der Waals surface area contributed by atoms with E-state index in [0.717, 1.165) is 23.9 Å². The second kappa shape index (κ2) is 22.6. The average Bonchev–Trinajstić information content (AvgIpc) is 2.64. The number of carbonyl (C=O) groups excluding carboxylic acids is 2. The maximum absolute atomic E-state index is 10.3. The van der Waals surface area contributed by atoms with Crippen molar-refractivity contribution in [2.24, 2.45) is 0 Å². The van der Waals surface area contributed by atoms with Gasteiger partial charge in [0.05, 0.1) is 21.1 Å². The number of hydrogen-bond acceptors (Lipinski definition) is 4. The van der Waals surface area contributed by atoms with Crippen LogP contribution >= 0.6 is 0 Å². The Labute approximate surface area is 187 Å². The number of aliphatic carboxylic acids is 1. The van der Waals surface area contributed by atoms with E-state index in [9.17, 15) is 14.7 Å². The van der Waals surface area contributed by atoms with Crippen molar-refractivity contribution < 1.29 is 23.9 Å². The van der Waals surface area contributed by atoms with Gasteiger partial charge in [-0.25, -0.2) is 0 Å². The zero-order valence-corrected chi connectivity index (χ0v) is 20.8. The molecule has 30 heavy (non-hydrogen) atoms. The Morgan fingerprint density at radius 3 is 1.37 bits per heavy atom. The molecule has 0 aliphatic heterocycles. The van der Waals surface area contributed by atoms with Gasteiger partial charge in [-0.15, -0.1) is 0 Å². The summed E-state index contributed by atoms with van der Waals surface area (Å²) < 4.78 is 5.59. The SMILES string of the molecule is CC(=O)OCC[N+](C)(C)C.CCCCCCCCCCCCCCCCCC(=O)[O-]. The van der Waals surface area contributed by atoms with Crippen molar-refractivity contribution in [3.05, 3.63) is 0 Å². The Bertz CT molecular complexity index is 391. The monoisotopic (exact) mass is 429 g/mol. The molecule has 0 aromatic heterocycles. The molecule has 0 amide bonds. The lowest BCUT2D eigenvalue weighted by atomic mass is 10.0. The average molecular weight is 430 g/mol. The van der Waals surface area contributed by atoms with Gasteiger partial charge < -0.3 is 19.1 Å². The first kappa shape index (κ1) is 31.1. The number of carbonyl (C=O) groups is 2. The summed E-state index contributed by atoms with van der Waals surface area (Å²) in [5.74, 6) is -1.10. The van der Waals surface area contributed by atoms with Gasteiger partial charge in [-0.1, -0.05) is 96.8 Å². The maximum atomic E-state index is 10.3. The third-order valence-corrected chi connectivity index (χ3v) is 5.05. The molecular formula is C25H51NO4. The second-order valence-electron chi connectivity index (χ2n) is 9.43. The van der Waals surface area contributed by atoms with Crippen molar-refractivity contribution in [1.82, 2.24) is 0 Å². The number of carboxylic acid groups (broad SMARTS) is 1. The summed E-state index contributed by atoms with van der Waals surface area (Å²) in [4.78, 5) is 20.5. The molecule has 0 aliphatic rings. The maximum Gasteiger partial charge on any atom is 0.302 e. The van der Waals surface area contributed by atoms with Gasteiger partial charge in [-0.05, 0) is 12.8 Å². The molecule has 0 fully saturated rings. The highest BCUT2D eigenvalue weighted by Crippen LogP contribution is 2.13. The van der Waals surface area contributed by atoms with Crippen LogP contribution in [0.4, 0.5) is 0 Å². The fourth-order valence-electron chi connectivity index (χ4n) is 3.10. The van der Waals surface area contributed by atoms with Crippen LogP contribution in [0.25, 0.3) is 0 Å². The van der Waals surface area contributed by atoms with Crippen LogP contribution < -0.4 is 5.11 Å². The molecule has 0 N–H and O–H groups in total. The Balaban J connectivity index is 0. The second-order valence-corrected chi connectivity index (χ2v) is 9.43. The lowest BCUT2D eigenvalue weighted by molar-refractivity contribution is -0.870. The van der Waals surface area contributed by atoms with E-state index in [2.05, 4.69) is 28.1 Å². The molecule has 180 valence electrons. The van der Waals surface area contributed by atoms with Gasteiger partial charge in [0.15, 0.2) is 0 Å². The topological polar surface area (TPSA) is 66.4 Å². The van der Waals surface area contributed by atoms with E-state index < -0.39 is 5.97 Å². The van der Waals surface area contributed by atoms with Gasteiger partial charge >= 0.3 is 5.97 Å². The molecule has 0 aromatic rings. The van der Waals surface area contributed by atoms with E-state index >= 15 is 0 Å².